The molecule has 0 rings (SSSR count). The maximum Gasteiger partial charge on any atom is 0.435 e. The molecule has 0 radical (unpaired) electrons. The number of hydrogen-bond acceptors (Lipinski definition) is 3. The van der Waals surface area contributed by atoms with E-state index in [-0.39, 0.29) is 0 Å². The summed E-state index contributed by atoms with van der Waals surface area (Å²) >= 11 is 2.03. The Morgan fingerprint density at radius 2 is 2.38 bits per heavy atom. The van der Waals surface area contributed by atoms with Crippen molar-refractivity contribution in [3.8, 4) is 0 Å². The maximum absolute atomic E-state index is 11.9. The minimum absolute atomic E-state index is 1.17. The number of aliphatic hydroxyl groups is 1. The van der Waals surface area contributed by atoms with Gasteiger partial charge in [0.1, 0.15) is 0 Å². The van der Waals surface area contributed by atoms with Gasteiger partial charge >= 0.3 is 4.70 Å². The van der Waals surface area contributed by atoms with E-state index in [9.17, 15) is 14.5 Å². The van der Waals surface area contributed by atoms with Crippen LogP contribution >= 0.6 is 15.9 Å². The third-order valence-electron chi connectivity index (χ3n) is 0.457. The number of rotatable bonds is 2. The molecule has 0 aromatic heterocycles. The first-order valence-electron chi connectivity index (χ1n) is 1.64. The van der Waals surface area contributed by atoms with Gasteiger partial charge in [0, 0.05) is 15.9 Å². The summed E-state index contributed by atoms with van der Waals surface area (Å²) in [6.45, 7) is -1.17. The highest BCUT2D eigenvalue weighted by Crippen LogP contribution is 2.18. The molecule has 0 aliphatic heterocycles. The average molecular weight is 188 g/mol. The van der Waals surface area contributed by atoms with Gasteiger partial charge in [-0.15, -0.1) is 0 Å². The molecular formula is C2H3BrFNO3. The summed E-state index contributed by atoms with van der Waals surface area (Å²) in [5, 5.41) is 17.4. The van der Waals surface area contributed by atoms with Crippen molar-refractivity contribution >= 4 is 15.9 Å². The quantitative estimate of drug-likeness (QED) is 0.293. The number of hydrogen-bond donors (Lipinski definition) is 1. The van der Waals surface area contributed by atoms with Gasteiger partial charge in [-0.05, 0) is 0 Å². The molecular weight excluding hydrogens is 185 g/mol. The van der Waals surface area contributed by atoms with Crippen molar-refractivity contribution < 1.29 is 14.4 Å². The van der Waals surface area contributed by atoms with Gasteiger partial charge in [-0.1, -0.05) is 0 Å². The number of nitrogens with zero attached hydrogens (tertiary/aromatic N) is 1. The molecule has 4 nitrogen and oxygen atoms in total. The molecule has 0 aliphatic carbocycles. The lowest BCUT2D eigenvalue weighted by atomic mass is 10.7. The molecule has 1 atom stereocenters. The highest BCUT2D eigenvalue weighted by molar-refractivity contribution is 9.09. The summed E-state index contributed by atoms with van der Waals surface area (Å²) in [6.07, 6.45) is 0. The Balaban J connectivity index is 3.91. The second-order valence-electron chi connectivity index (χ2n) is 1.08. The van der Waals surface area contributed by atoms with E-state index < -0.39 is 16.2 Å². The Morgan fingerprint density at radius 3 is 2.38 bits per heavy atom. The van der Waals surface area contributed by atoms with Crippen LogP contribution in [0.4, 0.5) is 4.39 Å². The second-order valence-corrected chi connectivity index (χ2v) is 2.30. The SMILES string of the molecule is O=[N+]([O-])C(F)(Br)CO. The van der Waals surface area contributed by atoms with Gasteiger partial charge in [-0.2, -0.15) is 4.39 Å². The van der Waals surface area contributed by atoms with Crippen LogP contribution in [-0.2, 0) is 0 Å². The van der Waals surface area contributed by atoms with Gasteiger partial charge in [-0.25, -0.2) is 0 Å². The van der Waals surface area contributed by atoms with Crippen LogP contribution in [0.15, 0.2) is 0 Å². The monoisotopic (exact) mass is 187 g/mol. The minimum atomic E-state index is -2.87. The molecule has 0 spiro atoms. The lowest BCUT2D eigenvalue weighted by molar-refractivity contribution is -0.571. The zero-order valence-electron chi connectivity index (χ0n) is 3.67. The van der Waals surface area contributed by atoms with Crippen molar-refractivity contribution in [2.45, 2.75) is 4.70 Å². The van der Waals surface area contributed by atoms with E-state index in [0.717, 1.165) is 0 Å². The molecule has 0 saturated heterocycles. The van der Waals surface area contributed by atoms with Gasteiger partial charge in [-0.3, -0.25) is 10.1 Å². The Morgan fingerprint density at radius 1 is 2.00 bits per heavy atom. The van der Waals surface area contributed by atoms with Crippen LogP contribution in [0.3, 0.4) is 0 Å². The molecule has 0 aliphatic rings. The summed E-state index contributed by atoms with van der Waals surface area (Å²) in [4.78, 5) is 8.22. The predicted octanol–water partition coefficient (Wildman–Crippen LogP) is 0.274. The van der Waals surface area contributed by atoms with Crippen LogP contribution in [0.2, 0.25) is 0 Å². The van der Waals surface area contributed by atoms with E-state index in [1.165, 1.54) is 0 Å². The van der Waals surface area contributed by atoms with E-state index in [1.807, 2.05) is 15.9 Å². The van der Waals surface area contributed by atoms with E-state index in [0.29, 0.717) is 0 Å². The Labute approximate surface area is 52.6 Å². The zero-order chi connectivity index (χ0) is 6.78. The Bertz CT molecular complexity index is 105. The zero-order valence-corrected chi connectivity index (χ0v) is 5.26. The number of aliphatic hydroxyl groups excluding tert-OH is 1. The van der Waals surface area contributed by atoms with Crippen molar-refractivity contribution in [1.82, 2.24) is 0 Å². The predicted molar refractivity (Wildman–Crippen MR) is 26.8 cm³/mol. The van der Waals surface area contributed by atoms with Crippen molar-refractivity contribution in [1.29, 1.82) is 0 Å². The smallest absolute Gasteiger partial charge is 0.385 e. The van der Waals surface area contributed by atoms with Crippen LogP contribution in [0.25, 0.3) is 0 Å². The summed E-state index contributed by atoms with van der Waals surface area (Å²) in [7, 11) is 0. The lowest BCUT2D eigenvalue weighted by Gasteiger charge is -2.02. The van der Waals surface area contributed by atoms with Crippen molar-refractivity contribution in [2.24, 2.45) is 0 Å². The van der Waals surface area contributed by atoms with Crippen molar-refractivity contribution in [3.05, 3.63) is 10.1 Å². The normalized spacial score (nSPS) is 17.4. The largest absolute Gasteiger partial charge is 0.435 e. The van der Waals surface area contributed by atoms with E-state index >= 15 is 0 Å². The van der Waals surface area contributed by atoms with Gasteiger partial charge in [0.2, 0.25) is 0 Å². The van der Waals surface area contributed by atoms with E-state index in [4.69, 9.17) is 5.11 Å². The minimum Gasteiger partial charge on any atom is -0.385 e. The van der Waals surface area contributed by atoms with Crippen LogP contribution in [-0.4, -0.2) is 21.3 Å². The highest BCUT2D eigenvalue weighted by atomic mass is 79.9. The summed E-state index contributed by atoms with van der Waals surface area (Å²) in [6, 6.07) is 0. The molecule has 1 unspecified atom stereocenters. The third-order valence-corrected chi connectivity index (χ3v) is 0.998. The molecule has 0 amide bonds. The molecule has 8 heavy (non-hydrogen) atoms. The fraction of sp³-hybridized carbons (Fsp3) is 1.00. The molecule has 1 N–H and O–H groups in total. The number of halogens is 2. The van der Waals surface area contributed by atoms with Gasteiger partial charge < -0.3 is 5.11 Å². The van der Waals surface area contributed by atoms with Crippen molar-refractivity contribution in [2.75, 3.05) is 6.61 Å². The Kier molecular flexibility index (Phi) is 2.29. The molecule has 0 fully saturated rings. The van der Waals surface area contributed by atoms with Gasteiger partial charge in [0.05, 0.1) is 4.92 Å². The molecule has 48 valence electrons. The molecule has 6 heteroatoms. The fourth-order valence-corrected chi connectivity index (χ4v) is 0.0577. The standard InChI is InChI=1S/C2H3BrFNO3/c3-2(4,1-6)5(7)8/h6H,1H2. The molecule has 0 bridgehead atoms. The van der Waals surface area contributed by atoms with Crippen LogP contribution in [0.5, 0.6) is 0 Å². The van der Waals surface area contributed by atoms with Crippen molar-refractivity contribution in [3.63, 3.8) is 0 Å². The summed E-state index contributed by atoms with van der Waals surface area (Å²) in [5.41, 5.74) is 0. The summed E-state index contributed by atoms with van der Waals surface area (Å²) < 4.78 is 9.04. The van der Waals surface area contributed by atoms with Gasteiger partial charge in [0.15, 0.2) is 6.61 Å². The maximum atomic E-state index is 11.9. The van der Waals surface area contributed by atoms with Crippen LogP contribution < -0.4 is 0 Å². The first-order chi connectivity index (χ1) is 3.50. The Hall–Kier alpha value is -0.230. The molecule has 0 aromatic carbocycles. The first kappa shape index (κ1) is 7.77. The third kappa shape index (κ3) is 1.71. The average Bonchev–Trinajstić information content (AvgIpc) is 1.67. The van der Waals surface area contributed by atoms with Crippen LogP contribution in [0.1, 0.15) is 0 Å². The van der Waals surface area contributed by atoms with E-state index in [2.05, 4.69) is 0 Å². The number of nitro groups is 1. The topological polar surface area (TPSA) is 63.4 Å². The van der Waals surface area contributed by atoms with Crippen LogP contribution in [0, 0.1) is 10.1 Å². The lowest BCUT2D eigenvalue weighted by Crippen LogP contribution is -2.29. The first-order valence-corrected chi connectivity index (χ1v) is 2.43. The second kappa shape index (κ2) is 2.36. The van der Waals surface area contributed by atoms with E-state index in [1.54, 1.807) is 0 Å². The van der Waals surface area contributed by atoms with Gasteiger partial charge in [0.25, 0.3) is 0 Å². The molecule has 0 aromatic rings. The highest BCUT2D eigenvalue weighted by Gasteiger charge is 2.38. The number of alkyl halides is 2. The molecule has 0 heterocycles. The molecule has 0 saturated carbocycles. The summed E-state index contributed by atoms with van der Waals surface area (Å²) in [5.74, 6) is 0. The fourth-order valence-electron chi connectivity index (χ4n) is 0.0577.